The Hall–Kier alpha value is -2.01. The zero-order valence-corrected chi connectivity index (χ0v) is 14.2. The van der Waals surface area contributed by atoms with E-state index >= 15 is 0 Å². The van der Waals surface area contributed by atoms with Crippen LogP contribution in [0.15, 0.2) is 34.8 Å². The van der Waals surface area contributed by atoms with Gasteiger partial charge in [-0.25, -0.2) is 4.39 Å². The van der Waals surface area contributed by atoms with Crippen molar-refractivity contribution in [1.82, 2.24) is 4.98 Å². The number of halogens is 2. The Labute approximate surface area is 137 Å². The van der Waals surface area contributed by atoms with E-state index in [0.29, 0.717) is 11.3 Å². The predicted molar refractivity (Wildman–Crippen MR) is 90.2 cm³/mol. The molecule has 1 aromatic heterocycles. The lowest BCUT2D eigenvalue weighted by atomic mass is 10.1. The molecule has 2 aromatic rings. The summed E-state index contributed by atoms with van der Waals surface area (Å²) >= 11 is 3.27. The quantitative estimate of drug-likeness (QED) is 0.813. The third kappa shape index (κ3) is 4.01. The lowest BCUT2D eigenvalue weighted by molar-refractivity contribution is -0.111. The van der Waals surface area contributed by atoms with Gasteiger partial charge in [0.05, 0.1) is 11.4 Å². The van der Waals surface area contributed by atoms with E-state index in [-0.39, 0.29) is 11.7 Å². The number of aryl methyl sites for hydroxylation is 3. The Balaban J connectivity index is 2.17. The molecular formula is C17H16BrFN2O. The van der Waals surface area contributed by atoms with Crippen LogP contribution in [0.4, 0.5) is 10.1 Å². The summed E-state index contributed by atoms with van der Waals surface area (Å²) in [5.41, 5.74) is 3.64. The van der Waals surface area contributed by atoms with Crippen molar-refractivity contribution >= 4 is 33.6 Å². The molecule has 2 rings (SSSR count). The van der Waals surface area contributed by atoms with Crippen molar-refractivity contribution in [3.8, 4) is 0 Å². The van der Waals surface area contributed by atoms with Gasteiger partial charge in [0.15, 0.2) is 0 Å². The number of nitrogens with zero attached hydrogens (tertiary/aromatic N) is 1. The average Bonchev–Trinajstić information content (AvgIpc) is 2.44. The van der Waals surface area contributed by atoms with Crippen LogP contribution in [0.25, 0.3) is 6.08 Å². The van der Waals surface area contributed by atoms with E-state index < -0.39 is 0 Å². The highest BCUT2D eigenvalue weighted by molar-refractivity contribution is 9.10. The first-order valence-corrected chi connectivity index (χ1v) is 7.55. The Kier molecular flexibility index (Phi) is 5.08. The summed E-state index contributed by atoms with van der Waals surface area (Å²) in [7, 11) is 0. The van der Waals surface area contributed by atoms with E-state index in [1.165, 1.54) is 18.2 Å². The van der Waals surface area contributed by atoms with Crippen LogP contribution >= 0.6 is 15.9 Å². The molecule has 22 heavy (non-hydrogen) atoms. The molecule has 1 heterocycles. The molecule has 0 aliphatic rings. The molecule has 1 aromatic carbocycles. The minimum Gasteiger partial charge on any atom is -0.321 e. The van der Waals surface area contributed by atoms with Gasteiger partial charge in [-0.3, -0.25) is 9.78 Å². The van der Waals surface area contributed by atoms with Crippen LogP contribution in [0.5, 0.6) is 0 Å². The first-order valence-electron chi connectivity index (χ1n) is 6.76. The summed E-state index contributed by atoms with van der Waals surface area (Å²) in [6.45, 7) is 5.66. The van der Waals surface area contributed by atoms with Gasteiger partial charge >= 0.3 is 0 Å². The number of benzene rings is 1. The molecule has 114 valence electrons. The molecule has 0 bridgehead atoms. The maximum absolute atomic E-state index is 13.6. The first-order chi connectivity index (χ1) is 10.4. The highest BCUT2D eigenvalue weighted by Crippen LogP contribution is 2.20. The number of hydrogen-bond acceptors (Lipinski definition) is 2. The highest BCUT2D eigenvalue weighted by atomic mass is 79.9. The van der Waals surface area contributed by atoms with Crippen LogP contribution in [-0.4, -0.2) is 10.9 Å². The minimum absolute atomic E-state index is 0.323. The van der Waals surface area contributed by atoms with E-state index in [1.807, 2.05) is 26.8 Å². The summed E-state index contributed by atoms with van der Waals surface area (Å²) in [4.78, 5) is 16.3. The maximum Gasteiger partial charge on any atom is 0.248 e. The van der Waals surface area contributed by atoms with Gasteiger partial charge in [0, 0.05) is 21.8 Å². The monoisotopic (exact) mass is 362 g/mol. The first kappa shape index (κ1) is 16.4. The van der Waals surface area contributed by atoms with Crippen LogP contribution in [-0.2, 0) is 4.79 Å². The molecule has 0 radical (unpaired) electrons. The fraction of sp³-hybridized carbons (Fsp3) is 0.176. The summed E-state index contributed by atoms with van der Waals surface area (Å²) in [5.74, 6) is -0.701. The smallest absolute Gasteiger partial charge is 0.248 e. The molecule has 0 aliphatic carbocycles. The topological polar surface area (TPSA) is 42.0 Å². The number of carbonyl (C=O) groups excluding carboxylic acids is 1. The zero-order chi connectivity index (χ0) is 16.3. The molecule has 0 saturated heterocycles. The largest absolute Gasteiger partial charge is 0.321 e. The number of nitrogens with one attached hydrogen (secondary N) is 1. The minimum atomic E-state index is -0.378. The van der Waals surface area contributed by atoms with Gasteiger partial charge in [-0.2, -0.15) is 0 Å². The SMILES string of the molecule is Cc1cc(C)c(NC(=O)/C=C/c2cc(Br)ccc2F)c(C)n1. The van der Waals surface area contributed by atoms with Crippen molar-refractivity contribution in [2.24, 2.45) is 0 Å². The Morgan fingerprint density at radius 1 is 1.27 bits per heavy atom. The second-order valence-electron chi connectivity index (χ2n) is 5.03. The standard InChI is InChI=1S/C17H16BrFN2O/c1-10-8-11(2)20-12(3)17(10)21-16(22)7-4-13-9-14(18)5-6-15(13)19/h4-9H,1-3H3,(H,21,22)/b7-4+. The molecule has 1 N–H and O–H groups in total. The molecule has 0 unspecified atom stereocenters. The number of pyridine rings is 1. The fourth-order valence-electron chi connectivity index (χ4n) is 2.19. The summed E-state index contributed by atoms with van der Waals surface area (Å²) in [6, 6.07) is 6.47. The summed E-state index contributed by atoms with van der Waals surface area (Å²) in [6.07, 6.45) is 2.76. The molecule has 1 amide bonds. The van der Waals surface area contributed by atoms with Crippen molar-refractivity contribution in [1.29, 1.82) is 0 Å². The Bertz CT molecular complexity index is 733. The molecule has 0 spiro atoms. The average molecular weight is 363 g/mol. The highest BCUT2D eigenvalue weighted by Gasteiger charge is 2.07. The van der Waals surface area contributed by atoms with E-state index in [4.69, 9.17) is 0 Å². The van der Waals surface area contributed by atoms with Crippen LogP contribution in [0.1, 0.15) is 22.5 Å². The van der Waals surface area contributed by atoms with Crippen molar-refractivity contribution in [3.63, 3.8) is 0 Å². The molecule has 0 aliphatic heterocycles. The van der Waals surface area contributed by atoms with Gasteiger partial charge in [-0.1, -0.05) is 15.9 Å². The van der Waals surface area contributed by atoms with Crippen LogP contribution < -0.4 is 5.32 Å². The normalized spacial score (nSPS) is 11.0. The van der Waals surface area contributed by atoms with E-state index in [2.05, 4.69) is 26.2 Å². The van der Waals surface area contributed by atoms with E-state index in [9.17, 15) is 9.18 Å². The second-order valence-corrected chi connectivity index (χ2v) is 5.95. The van der Waals surface area contributed by atoms with Gasteiger partial charge < -0.3 is 5.32 Å². The lowest BCUT2D eigenvalue weighted by Gasteiger charge is -2.10. The molecular weight excluding hydrogens is 347 g/mol. The molecule has 0 atom stereocenters. The van der Waals surface area contributed by atoms with Crippen molar-refractivity contribution in [3.05, 3.63) is 63.1 Å². The van der Waals surface area contributed by atoms with Gasteiger partial charge in [0.25, 0.3) is 0 Å². The number of anilines is 1. The molecule has 0 saturated carbocycles. The number of amides is 1. The number of aromatic nitrogens is 1. The Morgan fingerprint density at radius 3 is 2.68 bits per heavy atom. The van der Waals surface area contributed by atoms with E-state index in [0.717, 1.165) is 21.4 Å². The summed E-state index contributed by atoms with van der Waals surface area (Å²) in [5, 5.41) is 2.79. The molecule has 5 heteroatoms. The van der Waals surface area contributed by atoms with Crippen molar-refractivity contribution in [2.75, 3.05) is 5.32 Å². The zero-order valence-electron chi connectivity index (χ0n) is 12.6. The maximum atomic E-state index is 13.6. The van der Waals surface area contributed by atoms with E-state index in [1.54, 1.807) is 12.1 Å². The summed E-state index contributed by atoms with van der Waals surface area (Å²) < 4.78 is 14.4. The lowest BCUT2D eigenvalue weighted by Crippen LogP contribution is -2.11. The molecule has 0 fully saturated rings. The van der Waals surface area contributed by atoms with Gasteiger partial charge in [-0.15, -0.1) is 0 Å². The number of hydrogen-bond donors (Lipinski definition) is 1. The van der Waals surface area contributed by atoms with Gasteiger partial charge in [0.2, 0.25) is 5.91 Å². The van der Waals surface area contributed by atoms with Crippen LogP contribution in [0.3, 0.4) is 0 Å². The fourth-order valence-corrected chi connectivity index (χ4v) is 2.56. The third-order valence-electron chi connectivity index (χ3n) is 3.15. The van der Waals surface area contributed by atoms with Gasteiger partial charge in [0.1, 0.15) is 5.82 Å². The molecule has 3 nitrogen and oxygen atoms in total. The van der Waals surface area contributed by atoms with Crippen molar-refractivity contribution in [2.45, 2.75) is 20.8 Å². The van der Waals surface area contributed by atoms with Gasteiger partial charge in [-0.05, 0) is 56.7 Å². The predicted octanol–water partition coefficient (Wildman–Crippen LogP) is 4.56. The second kappa shape index (κ2) is 6.83. The van der Waals surface area contributed by atoms with Crippen LogP contribution in [0, 0.1) is 26.6 Å². The number of rotatable bonds is 3. The van der Waals surface area contributed by atoms with Crippen LogP contribution in [0.2, 0.25) is 0 Å². The Morgan fingerprint density at radius 2 is 2.00 bits per heavy atom. The third-order valence-corrected chi connectivity index (χ3v) is 3.64. The number of carbonyl (C=O) groups is 1. The van der Waals surface area contributed by atoms with Crippen molar-refractivity contribution < 1.29 is 9.18 Å².